The second-order valence-electron chi connectivity index (χ2n) is 4.04. The minimum atomic E-state index is -3.74. The molecule has 1 unspecified atom stereocenters. The molecule has 1 heterocycles. The zero-order valence-electron chi connectivity index (χ0n) is 9.91. The summed E-state index contributed by atoms with van der Waals surface area (Å²) in [6.07, 6.45) is -0.754. The highest BCUT2D eigenvalue weighted by Gasteiger charge is 2.32. The first-order chi connectivity index (χ1) is 8.95. The van der Waals surface area contributed by atoms with Crippen LogP contribution in [0.4, 0.5) is 5.69 Å². The number of morpholine rings is 1. The Hall–Kier alpha value is -1.33. The highest BCUT2D eigenvalue weighted by molar-refractivity contribution is 7.89. The summed E-state index contributed by atoms with van der Waals surface area (Å²) < 4.78 is 31.1. The van der Waals surface area contributed by atoms with Gasteiger partial charge in [-0.2, -0.15) is 9.57 Å². The van der Waals surface area contributed by atoms with Crippen LogP contribution in [0, 0.1) is 11.3 Å². The zero-order valence-corrected chi connectivity index (χ0v) is 11.5. The Bertz CT molecular complexity index is 627. The molecule has 1 aromatic rings. The quantitative estimate of drug-likeness (QED) is 0.816. The van der Waals surface area contributed by atoms with Crippen LogP contribution in [0.3, 0.4) is 0 Å². The highest BCUT2D eigenvalue weighted by Crippen LogP contribution is 2.27. The van der Waals surface area contributed by atoms with E-state index in [4.69, 9.17) is 27.3 Å². The van der Waals surface area contributed by atoms with Crippen LogP contribution in [0.15, 0.2) is 23.1 Å². The molecule has 0 aromatic heterocycles. The number of nitriles is 1. The van der Waals surface area contributed by atoms with Gasteiger partial charge >= 0.3 is 0 Å². The molecular formula is C11H12ClN3O3S. The minimum Gasteiger partial charge on any atom is -0.399 e. The molecule has 6 nitrogen and oxygen atoms in total. The molecule has 0 amide bonds. The minimum absolute atomic E-state index is 0.000458. The van der Waals surface area contributed by atoms with Crippen molar-refractivity contribution in [2.45, 2.75) is 11.0 Å². The number of ether oxygens (including phenoxy) is 1. The number of hydrogen-bond donors (Lipinski definition) is 1. The molecule has 1 atom stereocenters. The van der Waals surface area contributed by atoms with Gasteiger partial charge in [0.25, 0.3) is 0 Å². The summed E-state index contributed by atoms with van der Waals surface area (Å²) in [6.45, 7) is 0.380. The summed E-state index contributed by atoms with van der Waals surface area (Å²) in [5, 5.41) is 8.87. The third-order valence-corrected chi connectivity index (χ3v) is 5.09. The molecule has 1 fully saturated rings. The van der Waals surface area contributed by atoms with E-state index >= 15 is 0 Å². The lowest BCUT2D eigenvalue weighted by molar-refractivity contribution is 0.0311. The van der Waals surface area contributed by atoms with Crippen LogP contribution in [0.2, 0.25) is 5.02 Å². The SMILES string of the molecule is N#CC1CN(S(=O)(=O)c2ccc(N)cc2Cl)CCO1. The fourth-order valence-electron chi connectivity index (χ4n) is 1.79. The maximum Gasteiger partial charge on any atom is 0.244 e. The molecule has 0 radical (unpaired) electrons. The summed E-state index contributed by atoms with van der Waals surface area (Å²) in [5.74, 6) is 0. The smallest absolute Gasteiger partial charge is 0.244 e. The number of sulfonamides is 1. The van der Waals surface area contributed by atoms with Crippen LogP contribution in [-0.2, 0) is 14.8 Å². The molecule has 1 aromatic carbocycles. The van der Waals surface area contributed by atoms with Gasteiger partial charge in [0.15, 0.2) is 6.10 Å². The van der Waals surface area contributed by atoms with E-state index in [1.807, 2.05) is 6.07 Å². The molecule has 19 heavy (non-hydrogen) atoms. The van der Waals surface area contributed by atoms with Gasteiger partial charge in [-0.15, -0.1) is 0 Å². The lowest BCUT2D eigenvalue weighted by Crippen LogP contribution is -2.45. The predicted octanol–water partition coefficient (Wildman–Crippen LogP) is 0.835. The van der Waals surface area contributed by atoms with Crippen LogP contribution in [0.1, 0.15) is 0 Å². The Morgan fingerprint density at radius 3 is 2.89 bits per heavy atom. The fourth-order valence-corrected chi connectivity index (χ4v) is 3.74. The topological polar surface area (TPSA) is 96.4 Å². The molecule has 1 aliphatic rings. The summed E-state index contributed by atoms with van der Waals surface area (Å²) in [4.78, 5) is -0.0121. The first kappa shape index (κ1) is 14.1. The summed E-state index contributed by atoms with van der Waals surface area (Å²) in [6, 6.07) is 6.12. The molecular weight excluding hydrogens is 290 g/mol. The molecule has 0 bridgehead atoms. The van der Waals surface area contributed by atoms with Crippen molar-refractivity contribution in [3.63, 3.8) is 0 Å². The number of nitrogen functional groups attached to an aromatic ring is 1. The summed E-state index contributed by atoms with van der Waals surface area (Å²) >= 11 is 5.92. The van der Waals surface area contributed by atoms with Crippen molar-refractivity contribution < 1.29 is 13.2 Å². The Morgan fingerprint density at radius 1 is 1.53 bits per heavy atom. The number of nitrogens with two attached hydrogens (primary N) is 1. The zero-order chi connectivity index (χ0) is 14.0. The van der Waals surface area contributed by atoms with E-state index in [2.05, 4.69) is 0 Å². The molecule has 1 saturated heterocycles. The van der Waals surface area contributed by atoms with Crippen LogP contribution >= 0.6 is 11.6 Å². The monoisotopic (exact) mass is 301 g/mol. The fraction of sp³-hybridized carbons (Fsp3) is 0.364. The Balaban J connectivity index is 2.34. The lowest BCUT2D eigenvalue weighted by atomic mass is 10.3. The number of anilines is 1. The lowest BCUT2D eigenvalue weighted by Gasteiger charge is -2.29. The molecule has 2 N–H and O–H groups in total. The molecule has 2 rings (SSSR count). The van der Waals surface area contributed by atoms with Crippen molar-refractivity contribution in [2.24, 2.45) is 0 Å². The molecule has 0 aliphatic carbocycles. The van der Waals surface area contributed by atoms with E-state index in [-0.39, 0.29) is 29.6 Å². The van der Waals surface area contributed by atoms with Crippen molar-refractivity contribution in [2.75, 3.05) is 25.4 Å². The van der Waals surface area contributed by atoms with Crippen LogP contribution in [0.5, 0.6) is 0 Å². The third kappa shape index (κ3) is 2.82. The second kappa shape index (κ2) is 5.35. The largest absolute Gasteiger partial charge is 0.399 e. The van der Waals surface area contributed by atoms with Crippen molar-refractivity contribution in [1.82, 2.24) is 4.31 Å². The van der Waals surface area contributed by atoms with Crippen molar-refractivity contribution in [3.05, 3.63) is 23.2 Å². The van der Waals surface area contributed by atoms with Gasteiger partial charge in [0, 0.05) is 12.2 Å². The van der Waals surface area contributed by atoms with E-state index in [0.717, 1.165) is 0 Å². The molecule has 0 saturated carbocycles. The average molecular weight is 302 g/mol. The van der Waals surface area contributed by atoms with E-state index in [0.29, 0.717) is 5.69 Å². The normalized spacial score (nSPS) is 20.9. The van der Waals surface area contributed by atoms with E-state index in [1.165, 1.54) is 22.5 Å². The number of nitrogens with zero attached hydrogens (tertiary/aromatic N) is 2. The number of halogens is 1. The highest BCUT2D eigenvalue weighted by atomic mass is 35.5. The van der Waals surface area contributed by atoms with Gasteiger partial charge in [-0.3, -0.25) is 0 Å². The molecule has 1 aliphatic heterocycles. The number of hydrogen-bond acceptors (Lipinski definition) is 5. The maximum absolute atomic E-state index is 12.4. The van der Waals surface area contributed by atoms with Gasteiger partial charge in [0.1, 0.15) is 4.90 Å². The van der Waals surface area contributed by atoms with Gasteiger partial charge in [-0.25, -0.2) is 8.42 Å². The maximum atomic E-state index is 12.4. The molecule has 0 spiro atoms. The number of benzene rings is 1. The molecule has 8 heteroatoms. The van der Waals surface area contributed by atoms with Gasteiger partial charge in [-0.1, -0.05) is 11.6 Å². The first-order valence-corrected chi connectivity index (χ1v) is 7.33. The van der Waals surface area contributed by atoms with Gasteiger partial charge in [0.05, 0.1) is 24.2 Å². The van der Waals surface area contributed by atoms with Gasteiger partial charge < -0.3 is 10.5 Å². The first-order valence-electron chi connectivity index (χ1n) is 5.51. The van der Waals surface area contributed by atoms with Gasteiger partial charge in [0.2, 0.25) is 10.0 Å². The third-order valence-electron chi connectivity index (χ3n) is 2.75. The summed E-state index contributed by atoms with van der Waals surface area (Å²) in [5.41, 5.74) is 5.93. The Kier molecular flexibility index (Phi) is 3.96. The van der Waals surface area contributed by atoms with Gasteiger partial charge in [-0.05, 0) is 18.2 Å². The number of rotatable bonds is 2. The summed E-state index contributed by atoms with van der Waals surface area (Å²) in [7, 11) is -3.74. The standard InChI is InChI=1S/C11H12ClN3O3S/c12-10-5-8(14)1-2-11(10)19(16,17)15-3-4-18-9(6-13)7-15/h1-2,5,9H,3-4,7,14H2. The Morgan fingerprint density at radius 2 is 2.26 bits per heavy atom. The van der Waals surface area contributed by atoms with Crippen molar-refractivity contribution >= 4 is 27.3 Å². The van der Waals surface area contributed by atoms with E-state index < -0.39 is 16.1 Å². The molecule has 102 valence electrons. The average Bonchev–Trinajstić information content (AvgIpc) is 2.38. The van der Waals surface area contributed by atoms with Crippen LogP contribution in [-0.4, -0.2) is 38.5 Å². The Labute approximate surface area is 116 Å². The second-order valence-corrected chi connectivity index (χ2v) is 6.36. The van der Waals surface area contributed by atoms with E-state index in [1.54, 1.807) is 0 Å². The van der Waals surface area contributed by atoms with Crippen molar-refractivity contribution in [1.29, 1.82) is 5.26 Å². The van der Waals surface area contributed by atoms with E-state index in [9.17, 15) is 8.42 Å². The van der Waals surface area contributed by atoms with Crippen LogP contribution < -0.4 is 5.73 Å². The van der Waals surface area contributed by atoms with Crippen molar-refractivity contribution in [3.8, 4) is 6.07 Å². The predicted molar refractivity (Wildman–Crippen MR) is 70.0 cm³/mol. The van der Waals surface area contributed by atoms with Crippen LogP contribution in [0.25, 0.3) is 0 Å².